The van der Waals surface area contributed by atoms with Crippen LogP contribution in [-0.4, -0.2) is 43.0 Å². The molecule has 37 heavy (non-hydrogen) atoms. The molecule has 3 N–H and O–H groups in total. The van der Waals surface area contributed by atoms with Crippen LogP contribution in [0.2, 0.25) is 0 Å². The summed E-state index contributed by atoms with van der Waals surface area (Å²) in [5.74, 6) is 0.833. The maximum Gasteiger partial charge on any atom is 0.281 e. The highest BCUT2D eigenvalue weighted by atomic mass is 32.2. The van der Waals surface area contributed by atoms with E-state index in [0.29, 0.717) is 24.0 Å². The summed E-state index contributed by atoms with van der Waals surface area (Å²) in [5.41, 5.74) is 7.31. The number of hydrogen-bond donors (Lipinski definition) is 2. The van der Waals surface area contributed by atoms with Gasteiger partial charge >= 0.3 is 0 Å². The molecular formula is C27H33N5O4S. The number of ether oxygens (including phenoxy) is 1. The van der Waals surface area contributed by atoms with Gasteiger partial charge in [-0.25, -0.2) is 14.7 Å². The lowest BCUT2D eigenvalue weighted by Crippen LogP contribution is -2.37. The first-order valence-corrected chi connectivity index (χ1v) is 13.9. The quantitative estimate of drug-likeness (QED) is 0.448. The van der Waals surface area contributed by atoms with Crippen molar-refractivity contribution >= 4 is 27.6 Å². The van der Waals surface area contributed by atoms with Crippen LogP contribution >= 0.6 is 0 Å². The normalized spacial score (nSPS) is 17.7. The van der Waals surface area contributed by atoms with Crippen molar-refractivity contribution < 1.29 is 17.9 Å². The number of amides is 1. The predicted octanol–water partition coefficient (Wildman–Crippen LogP) is 4.26. The van der Waals surface area contributed by atoms with Gasteiger partial charge < -0.3 is 15.4 Å². The van der Waals surface area contributed by atoms with Crippen molar-refractivity contribution in [3.8, 4) is 17.0 Å². The molecule has 1 aliphatic rings. The Morgan fingerprint density at radius 3 is 2.46 bits per heavy atom. The molecule has 9 nitrogen and oxygen atoms in total. The van der Waals surface area contributed by atoms with E-state index >= 15 is 0 Å². The zero-order valence-electron chi connectivity index (χ0n) is 21.5. The molecule has 0 bridgehead atoms. The van der Waals surface area contributed by atoms with Crippen LogP contribution in [0, 0.1) is 5.92 Å². The number of pyridine rings is 2. The highest BCUT2D eigenvalue weighted by Gasteiger charge is 2.33. The molecule has 1 aliphatic heterocycles. The van der Waals surface area contributed by atoms with E-state index in [0.717, 1.165) is 24.2 Å². The number of carbonyl (C=O) groups is 1. The monoisotopic (exact) mass is 523 g/mol. The van der Waals surface area contributed by atoms with Crippen molar-refractivity contribution in [2.45, 2.75) is 57.6 Å². The fourth-order valence-corrected chi connectivity index (χ4v) is 5.36. The predicted molar refractivity (Wildman–Crippen MR) is 144 cm³/mol. The minimum absolute atomic E-state index is 0.0429. The van der Waals surface area contributed by atoms with Crippen LogP contribution in [0.5, 0.6) is 5.75 Å². The maximum absolute atomic E-state index is 13.3. The van der Waals surface area contributed by atoms with Crippen molar-refractivity contribution in [2.75, 3.05) is 17.2 Å². The Balaban J connectivity index is 1.72. The number of nitrogens with zero attached hydrogens (tertiary/aromatic N) is 3. The third-order valence-electron chi connectivity index (χ3n) is 6.28. The molecule has 0 spiro atoms. The van der Waals surface area contributed by atoms with Gasteiger partial charge in [0.2, 0.25) is 0 Å². The molecule has 10 heteroatoms. The molecule has 3 heterocycles. The number of nitrogens with two attached hydrogens (primary N) is 1. The minimum atomic E-state index is -4.23. The van der Waals surface area contributed by atoms with E-state index in [2.05, 4.69) is 42.3 Å². The Morgan fingerprint density at radius 1 is 1.08 bits per heavy atom. The van der Waals surface area contributed by atoms with Gasteiger partial charge in [-0.2, -0.15) is 8.42 Å². The van der Waals surface area contributed by atoms with Crippen LogP contribution in [0.25, 0.3) is 11.3 Å². The molecule has 0 radical (unpaired) electrons. The zero-order valence-corrected chi connectivity index (χ0v) is 22.3. The second-order valence-electron chi connectivity index (χ2n) is 9.82. The van der Waals surface area contributed by atoms with Gasteiger partial charge in [0.25, 0.3) is 15.9 Å². The Hall–Kier alpha value is -3.66. The molecule has 1 saturated heterocycles. The molecule has 1 aromatic carbocycles. The van der Waals surface area contributed by atoms with E-state index in [4.69, 9.17) is 15.5 Å². The van der Waals surface area contributed by atoms with E-state index in [1.54, 1.807) is 12.1 Å². The van der Waals surface area contributed by atoms with Crippen LogP contribution in [0.3, 0.4) is 0 Å². The molecule has 0 aliphatic carbocycles. The lowest BCUT2D eigenvalue weighted by molar-refractivity contribution is 0.0981. The van der Waals surface area contributed by atoms with Crippen molar-refractivity contribution in [2.24, 2.45) is 5.92 Å². The summed E-state index contributed by atoms with van der Waals surface area (Å²) in [6.07, 6.45) is 1.89. The molecule has 1 amide bonds. The topological polar surface area (TPSA) is 128 Å². The van der Waals surface area contributed by atoms with Crippen LogP contribution in [-0.2, 0) is 10.0 Å². The largest absolute Gasteiger partial charge is 0.493 e. The number of nitrogen functional groups attached to an aromatic ring is 1. The number of rotatable bonds is 8. The average molecular weight is 524 g/mol. The third kappa shape index (κ3) is 6.02. The van der Waals surface area contributed by atoms with Gasteiger partial charge in [-0.1, -0.05) is 32.0 Å². The molecule has 2 atom stereocenters. The third-order valence-corrected chi connectivity index (χ3v) is 7.51. The Bertz CT molecular complexity index is 1380. The number of benzene rings is 1. The van der Waals surface area contributed by atoms with Crippen molar-refractivity contribution in [3.05, 3.63) is 60.2 Å². The van der Waals surface area contributed by atoms with Gasteiger partial charge in [-0.05, 0) is 69.0 Å². The number of hydrogen-bond acceptors (Lipinski definition) is 8. The summed E-state index contributed by atoms with van der Waals surface area (Å²) in [6, 6.07) is 15.5. The molecule has 2 aromatic heterocycles. The van der Waals surface area contributed by atoms with Crippen molar-refractivity contribution in [1.29, 1.82) is 0 Å². The van der Waals surface area contributed by atoms with Crippen LogP contribution in [0.15, 0.2) is 59.6 Å². The molecule has 0 saturated carbocycles. The minimum Gasteiger partial charge on any atom is -0.493 e. The molecule has 0 unspecified atom stereocenters. The fourth-order valence-electron chi connectivity index (χ4n) is 4.41. The average Bonchev–Trinajstić information content (AvgIpc) is 3.19. The molecule has 1 fully saturated rings. The summed E-state index contributed by atoms with van der Waals surface area (Å²) in [5, 5.41) is -0.326. The lowest BCUT2D eigenvalue weighted by atomic mass is 10.1. The highest BCUT2D eigenvalue weighted by Crippen LogP contribution is 2.34. The van der Waals surface area contributed by atoms with Gasteiger partial charge in [-0.3, -0.25) is 4.79 Å². The lowest BCUT2D eigenvalue weighted by Gasteiger charge is -2.29. The maximum atomic E-state index is 13.3. The van der Waals surface area contributed by atoms with Gasteiger partial charge in [0.1, 0.15) is 17.4 Å². The van der Waals surface area contributed by atoms with Gasteiger partial charge in [-0.15, -0.1) is 0 Å². The Kier molecular flexibility index (Phi) is 7.68. The highest BCUT2D eigenvalue weighted by molar-refractivity contribution is 7.90. The van der Waals surface area contributed by atoms with E-state index in [1.807, 2.05) is 24.3 Å². The Morgan fingerprint density at radius 2 is 1.78 bits per heavy atom. The Labute approximate surface area is 218 Å². The molecule has 196 valence electrons. The second-order valence-corrected chi connectivity index (χ2v) is 11.4. The van der Waals surface area contributed by atoms with E-state index in [1.165, 1.54) is 18.2 Å². The molecular weight excluding hydrogens is 490 g/mol. The van der Waals surface area contributed by atoms with E-state index in [-0.39, 0.29) is 28.5 Å². The zero-order chi connectivity index (χ0) is 26.7. The van der Waals surface area contributed by atoms with Gasteiger partial charge in [0, 0.05) is 17.6 Å². The van der Waals surface area contributed by atoms with Crippen molar-refractivity contribution in [3.63, 3.8) is 0 Å². The number of nitrogens with one attached hydrogen (secondary N) is 1. The molecule has 4 rings (SSSR count). The number of anilines is 2. The SMILES string of the molecule is CC(C)COc1cccc(-c2ccc(C(=O)NS(=O)(=O)c3cccc(N)n3)c(N3[C@H](C)CC[C@@H]3C)n2)c1. The van der Waals surface area contributed by atoms with E-state index < -0.39 is 15.9 Å². The number of aromatic nitrogens is 2. The van der Waals surface area contributed by atoms with Crippen molar-refractivity contribution in [1.82, 2.24) is 14.7 Å². The number of sulfonamides is 1. The summed E-state index contributed by atoms with van der Waals surface area (Å²) in [6.45, 7) is 8.92. The summed E-state index contributed by atoms with van der Waals surface area (Å²) in [7, 11) is -4.23. The van der Waals surface area contributed by atoms with E-state index in [9.17, 15) is 13.2 Å². The van der Waals surface area contributed by atoms with Gasteiger partial charge in [0.05, 0.1) is 17.9 Å². The smallest absolute Gasteiger partial charge is 0.281 e. The van der Waals surface area contributed by atoms with Crippen LogP contribution < -0.4 is 20.1 Å². The molecule has 3 aromatic rings. The van der Waals surface area contributed by atoms with Gasteiger partial charge in [0.15, 0.2) is 5.03 Å². The first-order valence-electron chi connectivity index (χ1n) is 12.4. The summed E-state index contributed by atoms with van der Waals surface area (Å²) >= 11 is 0. The first kappa shape index (κ1) is 26.4. The summed E-state index contributed by atoms with van der Waals surface area (Å²) < 4.78 is 33.7. The summed E-state index contributed by atoms with van der Waals surface area (Å²) in [4.78, 5) is 24.1. The number of carbonyl (C=O) groups excluding carboxylic acids is 1. The first-order chi connectivity index (χ1) is 17.5. The van der Waals surface area contributed by atoms with Crippen LogP contribution in [0.4, 0.5) is 11.6 Å². The van der Waals surface area contributed by atoms with Crippen LogP contribution in [0.1, 0.15) is 50.9 Å². The fraction of sp³-hybridized carbons (Fsp3) is 0.370. The standard InChI is InChI=1S/C27H33N5O4S/c1-17(2)16-36-21-8-5-7-20(15-21)23-14-13-22(26(29-23)32-18(3)11-12-19(32)4)27(33)31-37(34,35)25-10-6-9-24(28)30-25/h5-10,13-15,17-19H,11-12,16H2,1-4H3,(H2,28,30)(H,31,33)/t18-,19+. The second kappa shape index (κ2) is 10.8.